The summed E-state index contributed by atoms with van der Waals surface area (Å²) >= 11 is 0. The molecule has 1 rings (SSSR count). The van der Waals surface area contributed by atoms with Crippen LogP contribution >= 0.6 is 0 Å². The van der Waals surface area contributed by atoms with Crippen LogP contribution in [0.1, 0.15) is 25.0 Å². The molecule has 0 radical (unpaired) electrons. The molecule has 1 aromatic rings. The average Bonchev–Trinajstić information content (AvgIpc) is 2.33. The summed E-state index contributed by atoms with van der Waals surface area (Å²) < 4.78 is 10.9. The van der Waals surface area contributed by atoms with Crippen molar-refractivity contribution >= 4 is 0 Å². The normalized spacial score (nSPS) is 10.9. The minimum absolute atomic E-state index is 0.542. The molecule has 1 N–H and O–H groups in total. The molecule has 0 amide bonds. The van der Waals surface area contributed by atoms with E-state index < -0.39 is 0 Å². The van der Waals surface area contributed by atoms with Crippen molar-refractivity contribution in [1.82, 2.24) is 5.32 Å². The lowest BCUT2D eigenvalue weighted by Gasteiger charge is -2.14. The Hall–Kier alpha value is -1.06. The van der Waals surface area contributed by atoms with Gasteiger partial charge in [0.15, 0.2) is 0 Å². The van der Waals surface area contributed by atoms with Crippen LogP contribution in [0, 0.1) is 12.8 Å². The Morgan fingerprint density at radius 2 is 2.06 bits per heavy atom. The number of hydrogen-bond acceptors (Lipinski definition) is 3. The van der Waals surface area contributed by atoms with Gasteiger partial charge in [-0.25, -0.2) is 0 Å². The van der Waals surface area contributed by atoms with Gasteiger partial charge >= 0.3 is 0 Å². The lowest BCUT2D eigenvalue weighted by atomic mass is 10.1. The topological polar surface area (TPSA) is 30.5 Å². The van der Waals surface area contributed by atoms with E-state index >= 15 is 0 Å². The molecular formula is C15H25NO2. The van der Waals surface area contributed by atoms with Crippen molar-refractivity contribution in [3.63, 3.8) is 0 Å². The van der Waals surface area contributed by atoms with Gasteiger partial charge in [-0.15, -0.1) is 0 Å². The summed E-state index contributed by atoms with van der Waals surface area (Å²) in [6, 6.07) is 6.33. The first kappa shape index (κ1) is 15.0. The molecule has 1 aromatic carbocycles. The number of nitrogens with one attached hydrogen (secondary N) is 1. The number of rotatable bonds is 8. The molecule has 0 aliphatic rings. The van der Waals surface area contributed by atoms with Gasteiger partial charge in [0.25, 0.3) is 0 Å². The second-order valence-corrected chi connectivity index (χ2v) is 4.99. The fourth-order valence-electron chi connectivity index (χ4n) is 1.64. The predicted octanol–water partition coefficient (Wildman–Crippen LogP) is 2.77. The summed E-state index contributed by atoms with van der Waals surface area (Å²) in [5, 5.41) is 3.35. The van der Waals surface area contributed by atoms with E-state index in [1.54, 1.807) is 7.11 Å². The lowest BCUT2D eigenvalue weighted by Crippen LogP contribution is -2.19. The highest BCUT2D eigenvalue weighted by Gasteiger charge is 2.05. The summed E-state index contributed by atoms with van der Waals surface area (Å²) in [6.45, 7) is 9.58. The maximum atomic E-state index is 5.84. The van der Waals surface area contributed by atoms with Gasteiger partial charge < -0.3 is 14.8 Å². The van der Waals surface area contributed by atoms with Crippen molar-refractivity contribution in [1.29, 1.82) is 0 Å². The van der Waals surface area contributed by atoms with Crippen LogP contribution in [0.5, 0.6) is 5.75 Å². The maximum absolute atomic E-state index is 5.84. The van der Waals surface area contributed by atoms with Gasteiger partial charge in [-0.2, -0.15) is 0 Å². The quantitative estimate of drug-likeness (QED) is 0.721. The third-order valence-corrected chi connectivity index (χ3v) is 2.59. The first-order valence-electron chi connectivity index (χ1n) is 6.55. The molecule has 3 nitrogen and oxygen atoms in total. The molecule has 3 heteroatoms. The summed E-state index contributed by atoms with van der Waals surface area (Å²) in [7, 11) is 1.71. The summed E-state index contributed by atoms with van der Waals surface area (Å²) in [5.74, 6) is 1.53. The van der Waals surface area contributed by atoms with Gasteiger partial charge in [0, 0.05) is 25.8 Å². The van der Waals surface area contributed by atoms with Gasteiger partial charge in [0.05, 0.1) is 13.2 Å². The number of aryl methyl sites for hydroxylation is 1. The maximum Gasteiger partial charge on any atom is 0.123 e. The third-order valence-electron chi connectivity index (χ3n) is 2.59. The summed E-state index contributed by atoms with van der Waals surface area (Å²) in [5.41, 5.74) is 2.47. The summed E-state index contributed by atoms with van der Waals surface area (Å²) in [6.07, 6.45) is 0. The minimum atomic E-state index is 0.542. The van der Waals surface area contributed by atoms with Crippen molar-refractivity contribution in [3.05, 3.63) is 29.3 Å². The Balaban J connectivity index is 2.58. The van der Waals surface area contributed by atoms with Gasteiger partial charge in [-0.05, 0) is 18.9 Å². The van der Waals surface area contributed by atoms with Crippen molar-refractivity contribution in [2.75, 3.05) is 26.9 Å². The van der Waals surface area contributed by atoms with Crippen LogP contribution in [0.25, 0.3) is 0 Å². The fraction of sp³-hybridized carbons (Fsp3) is 0.600. The van der Waals surface area contributed by atoms with Gasteiger partial charge in [0.2, 0.25) is 0 Å². The highest BCUT2D eigenvalue weighted by atomic mass is 16.5. The Morgan fingerprint density at radius 3 is 2.72 bits per heavy atom. The minimum Gasteiger partial charge on any atom is -0.493 e. The second-order valence-electron chi connectivity index (χ2n) is 4.99. The van der Waals surface area contributed by atoms with Gasteiger partial charge in [0.1, 0.15) is 5.75 Å². The monoisotopic (exact) mass is 251 g/mol. The molecule has 0 saturated carbocycles. The molecule has 0 saturated heterocycles. The Bertz CT molecular complexity index is 350. The van der Waals surface area contributed by atoms with E-state index in [1.807, 2.05) is 0 Å². The molecule has 0 aliphatic carbocycles. The lowest BCUT2D eigenvalue weighted by molar-refractivity contribution is 0.199. The zero-order chi connectivity index (χ0) is 13.4. The molecule has 0 fully saturated rings. The SMILES string of the molecule is COCCNCc1cc(C)ccc1OCC(C)C. The molecule has 0 bridgehead atoms. The Morgan fingerprint density at radius 1 is 1.28 bits per heavy atom. The highest BCUT2D eigenvalue weighted by molar-refractivity contribution is 5.36. The van der Waals surface area contributed by atoms with Crippen LogP contribution in [0.15, 0.2) is 18.2 Å². The van der Waals surface area contributed by atoms with Crippen LogP contribution in [0.2, 0.25) is 0 Å². The zero-order valence-electron chi connectivity index (χ0n) is 12.0. The second kappa shape index (κ2) is 8.11. The number of hydrogen-bond donors (Lipinski definition) is 1. The van der Waals surface area contributed by atoms with Crippen LogP contribution in [-0.4, -0.2) is 26.9 Å². The van der Waals surface area contributed by atoms with E-state index in [1.165, 1.54) is 11.1 Å². The van der Waals surface area contributed by atoms with Gasteiger partial charge in [-0.3, -0.25) is 0 Å². The smallest absolute Gasteiger partial charge is 0.123 e. The zero-order valence-corrected chi connectivity index (χ0v) is 12.0. The third kappa shape index (κ3) is 5.52. The van der Waals surface area contributed by atoms with Crippen LogP contribution in [0.3, 0.4) is 0 Å². The Kier molecular flexibility index (Phi) is 6.76. The molecule has 0 spiro atoms. The van der Waals surface area contributed by atoms with E-state index in [0.29, 0.717) is 5.92 Å². The largest absolute Gasteiger partial charge is 0.493 e. The molecule has 18 heavy (non-hydrogen) atoms. The van der Waals surface area contributed by atoms with E-state index in [0.717, 1.165) is 32.1 Å². The van der Waals surface area contributed by atoms with Crippen LogP contribution in [0.4, 0.5) is 0 Å². The number of ether oxygens (including phenoxy) is 2. The van der Waals surface area contributed by atoms with Crippen LogP contribution < -0.4 is 10.1 Å². The molecule has 0 heterocycles. The Labute approximate surface area is 110 Å². The molecule has 0 unspecified atom stereocenters. The highest BCUT2D eigenvalue weighted by Crippen LogP contribution is 2.20. The first-order valence-corrected chi connectivity index (χ1v) is 6.55. The molecular weight excluding hydrogens is 226 g/mol. The fourth-order valence-corrected chi connectivity index (χ4v) is 1.64. The molecule has 0 atom stereocenters. The standard InChI is InChI=1S/C15H25NO2/c1-12(2)11-18-15-6-5-13(3)9-14(15)10-16-7-8-17-4/h5-6,9,12,16H,7-8,10-11H2,1-4H3. The van der Waals surface area contributed by atoms with E-state index in [4.69, 9.17) is 9.47 Å². The summed E-state index contributed by atoms with van der Waals surface area (Å²) in [4.78, 5) is 0. The molecule has 0 aliphatic heterocycles. The van der Waals surface area contributed by atoms with Crippen molar-refractivity contribution in [2.24, 2.45) is 5.92 Å². The first-order chi connectivity index (χ1) is 8.63. The van der Waals surface area contributed by atoms with E-state index in [-0.39, 0.29) is 0 Å². The van der Waals surface area contributed by atoms with Gasteiger partial charge in [-0.1, -0.05) is 31.5 Å². The predicted molar refractivity (Wildman–Crippen MR) is 75.1 cm³/mol. The number of benzene rings is 1. The molecule has 0 aromatic heterocycles. The van der Waals surface area contributed by atoms with E-state index in [9.17, 15) is 0 Å². The van der Waals surface area contributed by atoms with E-state index in [2.05, 4.69) is 44.3 Å². The average molecular weight is 251 g/mol. The van der Waals surface area contributed by atoms with Crippen molar-refractivity contribution in [3.8, 4) is 5.75 Å². The van der Waals surface area contributed by atoms with Crippen LogP contribution in [-0.2, 0) is 11.3 Å². The van der Waals surface area contributed by atoms with Crippen molar-refractivity contribution in [2.45, 2.75) is 27.3 Å². The number of methoxy groups -OCH3 is 1. The van der Waals surface area contributed by atoms with Crippen molar-refractivity contribution < 1.29 is 9.47 Å². The molecule has 102 valence electrons.